The van der Waals surface area contributed by atoms with Crippen LogP contribution >= 0.6 is 0 Å². The van der Waals surface area contributed by atoms with Gasteiger partial charge in [-0.1, -0.05) is 0 Å². The predicted molar refractivity (Wildman–Crippen MR) is 49.2 cm³/mol. The summed E-state index contributed by atoms with van der Waals surface area (Å²) in [6.07, 6.45) is 1.69. The monoisotopic (exact) mass is 181 g/mol. The number of hydrogen-bond acceptors (Lipinski definition) is 3. The van der Waals surface area contributed by atoms with Crippen molar-refractivity contribution in [1.29, 1.82) is 0 Å². The Balaban J connectivity index is 2.57. The van der Waals surface area contributed by atoms with Gasteiger partial charge in [0.05, 0.1) is 17.8 Å². The maximum atomic E-state index is 9.24. The first-order valence-corrected chi connectivity index (χ1v) is 4.51. The topological polar surface area (TPSA) is 64.1 Å². The molecule has 0 aliphatic heterocycles. The number of fused-ring (bicyclic) bond motifs is 1. The number of nitrogens with zero attached hydrogens (tertiary/aromatic N) is 2. The fourth-order valence-electron chi connectivity index (χ4n) is 2.12. The summed E-state index contributed by atoms with van der Waals surface area (Å²) in [6.45, 7) is 2.00. The molecule has 0 bridgehead atoms. The van der Waals surface area contributed by atoms with Gasteiger partial charge in [0.25, 0.3) is 0 Å². The van der Waals surface area contributed by atoms with E-state index in [1.54, 1.807) is 0 Å². The Kier molecular flexibility index (Phi) is 1.72. The molecule has 0 saturated heterocycles. The van der Waals surface area contributed by atoms with E-state index in [1.165, 1.54) is 0 Å². The van der Waals surface area contributed by atoms with Gasteiger partial charge >= 0.3 is 0 Å². The number of hydrogen-bond donors (Lipinski definition) is 2. The SMILES string of the molecule is Cc1c2c(nn1C)CCC2(N)CO. The molecular weight excluding hydrogens is 166 g/mol. The Morgan fingerprint density at radius 3 is 3.00 bits per heavy atom. The smallest absolute Gasteiger partial charge is 0.0684 e. The molecule has 1 aliphatic carbocycles. The van der Waals surface area contributed by atoms with Gasteiger partial charge in [-0.25, -0.2) is 0 Å². The van der Waals surface area contributed by atoms with Gasteiger partial charge in [-0.3, -0.25) is 4.68 Å². The van der Waals surface area contributed by atoms with Gasteiger partial charge in [0, 0.05) is 18.3 Å². The third-order valence-electron chi connectivity index (χ3n) is 2.99. The Hall–Kier alpha value is -0.870. The van der Waals surface area contributed by atoms with Crippen LogP contribution in [0.15, 0.2) is 0 Å². The number of rotatable bonds is 1. The van der Waals surface area contributed by atoms with Crippen LogP contribution in [0, 0.1) is 6.92 Å². The van der Waals surface area contributed by atoms with Crippen molar-refractivity contribution in [2.24, 2.45) is 12.8 Å². The molecule has 0 spiro atoms. The lowest BCUT2D eigenvalue weighted by molar-refractivity contribution is 0.195. The molecule has 1 atom stereocenters. The van der Waals surface area contributed by atoms with Crippen molar-refractivity contribution in [1.82, 2.24) is 9.78 Å². The van der Waals surface area contributed by atoms with Crippen molar-refractivity contribution in [3.8, 4) is 0 Å². The lowest BCUT2D eigenvalue weighted by atomic mass is 9.94. The minimum atomic E-state index is -0.548. The molecule has 1 aromatic rings. The van der Waals surface area contributed by atoms with Crippen LogP contribution in [0.5, 0.6) is 0 Å². The van der Waals surface area contributed by atoms with Gasteiger partial charge < -0.3 is 10.8 Å². The summed E-state index contributed by atoms with van der Waals surface area (Å²) >= 11 is 0. The Morgan fingerprint density at radius 2 is 2.38 bits per heavy atom. The highest BCUT2D eigenvalue weighted by Gasteiger charge is 2.38. The molecule has 1 aliphatic rings. The van der Waals surface area contributed by atoms with Crippen LogP contribution in [0.4, 0.5) is 0 Å². The molecule has 0 amide bonds. The van der Waals surface area contributed by atoms with Crippen molar-refractivity contribution in [3.05, 3.63) is 17.0 Å². The summed E-state index contributed by atoms with van der Waals surface area (Å²) in [4.78, 5) is 0. The standard InChI is InChI=1S/C9H15N3O/c1-6-8-7(11-12(6)2)3-4-9(8,10)5-13/h13H,3-5,10H2,1-2H3. The van der Waals surface area contributed by atoms with Gasteiger partial charge in [-0.05, 0) is 19.8 Å². The van der Waals surface area contributed by atoms with E-state index >= 15 is 0 Å². The van der Waals surface area contributed by atoms with Gasteiger partial charge in [0.2, 0.25) is 0 Å². The summed E-state index contributed by atoms with van der Waals surface area (Å²) in [6, 6.07) is 0. The Morgan fingerprint density at radius 1 is 1.69 bits per heavy atom. The highest BCUT2D eigenvalue weighted by Crippen LogP contribution is 2.35. The first kappa shape index (κ1) is 8.72. The highest BCUT2D eigenvalue weighted by atomic mass is 16.3. The van der Waals surface area contributed by atoms with Crippen molar-refractivity contribution in [3.63, 3.8) is 0 Å². The van der Waals surface area contributed by atoms with E-state index in [0.29, 0.717) is 0 Å². The zero-order valence-corrected chi connectivity index (χ0v) is 8.04. The van der Waals surface area contributed by atoms with Crippen molar-refractivity contribution >= 4 is 0 Å². The van der Waals surface area contributed by atoms with Crippen molar-refractivity contribution < 1.29 is 5.11 Å². The minimum Gasteiger partial charge on any atom is -0.394 e. The molecule has 0 fully saturated rings. The summed E-state index contributed by atoms with van der Waals surface area (Å²) in [5.41, 5.74) is 8.71. The molecule has 2 rings (SSSR count). The van der Waals surface area contributed by atoms with Crippen LogP contribution in [-0.4, -0.2) is 21.5 Å². The predicted octanol–water partition coefficient (Wildman–Crippen LogP) is -0.179. The van der Waals surface area contributed by atoms with Gasteiger partial charge in [0.15, 0.2) is 0 Å². The molecular formula is C9H15N3O. The molecule has 1 heterocycles. The van der Waals surface area contributed by atoms with E-state index in [0.717, 1.165) is 29.8 Å². The second-order valence-corrected chi connectivity index (χ2v) is 3.84. The van der Waals surface area contributed by atoms with Crippen LogP contribution in [0.2, 0.25) is 0 Å². The molecule has 0 saturated carbocycles. The fourth-order valence-corrected chi connectivity index (χ4v) is 2.12. The van der Waals surface area contributed by atoms with Crippen LogP contribution in [0.3, 0.4) is 0 Å². The zero-order chi connectivity index (χ0) is 9.64. The lowest BCUT2D eigenvalue weighted by Crippen LogP contribution is -2.38. The summed E-state index contributed by atoms with van der Waals surface area (Å²) in [5.74, 6) is 0. The minimum absolute atomic E-state index is 0.00648. The van der Waals surface area contributed by atoms with Gasteiger partial charge in [0.1, 0.15) is 0 Å². The third-order valence-corrected chi connectivity index (χ3v) is 2.99. The summed E-state index contributed by atoms with van der Waals surface area (Å²) in [5, 5.41) is 13.6. The van der Waals surface area contributed by atoms with Crippen LogP contribution < -0.4 is 5.73 Å². The molecule has 1 unspecified atom stereocenters. The highest BCUT2D eigenvalue weighted by molar-refractivity contribution is 5.37. The maximum Gasteiger partial charge on any atom is 0.0684 e. The zero-order valence-electron chi connectivity index (χ0n) is 8.04. The first-order valence-electron chi connectivity index (χ1n) is 4.51. The van der Waals surface area contributed by atoms with E-state index in [9.17, 15) is 5.11 Å². The molecule has 72 valence electrons. The molecule has 4 nitrogen and oxygen atoms in total. The van der Waals surface area contributed by atoms with E-state index in [-0.39, 0.29) is 6.61 Å². The quantitative estimate of drug-likeness (QED) is 0.631. The van der Waals surface area contributed by atoms with Gasteiger partial charge in [-0.2, -0.15) is 5.10 Å². The Bertz CT molecular complexity index is 345. The molecule has 0 aromatic carbocycles. The van der Waals surface area contributed by atoms with Crippen molar-refractivity contribution in [2.75, 3.05) is 6.61 Å². The third kappa shape index (κ3) is 1.02. The number of nitrogens with two attached hydrogens (primary N) is 1. The van der Waals surface area contributed by atoms with Crippen LogP contribution in [0.25, 0.3) is 0 Å². The first-order chi connectivity index (χ1) is 6.08. The average molecular weight is 181 g/mol. The second-order valence-electron chi connectivity index (χ2n) is 3.84. The van der Waals surface area contributed by atoms with Crippen LogP contribution in [-0.2, 0) is 19.0 Å². The molecule has 13 heavy (non-hydrogen) atoms. The molecule has 4 heteroatoms. The van der Waals surface area contributed by atoms with E-state index in [4.69, 9.17) is 5.73 Å². The average Bonchev–Trinajstić information content (AvgIpc) is 2.56. The van der Waals surface area contributed by atoms with E-state index in [1.807, 2.05) is 18.7 Å². The fraction of sp³-hybridized carbons (Fsp3) is 0.667. The molecule has 0 radical (unpaired) electrons. The second kappa shape index (κ2) is 2.56. The number of aliphatic hydroxyl groups excluding tert-OH is 1. The molecule has 3 N–H and O–H groups in total. The van der Waals surface area contributed by atoms with Gasteiger partial charge in [-0.15, -0.1) is 0 Å². The summed E-state index contributed by atoms with van der Waals surface area (Å²) in [7, 11) is 1.91. The summed E-state index contributed by atoms with van der Waals surface area (Å²) < 4.78 is 1.83. The normalized spacial score (nSPS) is 26.5. The largest absolute Gasteiger partial charge is 0.394 e. The lowest BCUT2D eigenvalue weighted by Gasteiger charge is -2.22. The van der Waals surface area contributed by atoms with Crippen molar-refractivity contribution in [2.45, 2.75) is 25.3 Å². The van der Waals surface area contributed by atoms with E-state index < -0.39 is 5.54 Å². The Labute approximate surface area is 77.4 Å². The molecule has 1 aromatic heterocycles. The number of aryl methyl sites for hydroxylation is 2. The van der Waals surface area contributed by atoms with Crippen LogP contribution in [0.1, 0.15) is 23.4 Å². The van der Waals surface area contributed by atoms with E-state index in [2.05, 4.69) is 5.10 Å². The number of aliphatic hydroxyl groups is 1. The number of aromatic nitrogens is 2. The maximum absolute atomic E-state index is 9.24.